The number of ether oxygens (including phenoxy) is 1. The zero-order chi connectivity index (χ0) is 18.3. The van der Waals surface area contributed by atoms with Crippen LogP contribution in [0.25, 0.3) is 0 Å². The Hall–Kier alpha value is -2.13. The Kier molecular flexibility index (Phi) is 4.58. The molecule has 0 aromatic carbocycles. The molecule has 1 atom stereocenters. The van der Waals surface area contributed by atoms with Gasteiger partial charge in [0.15, 0.2) is 6.10 Å². The van der Waals surface area contributed by atoms with Gasteiger partial charge in [-0.25, -0.2) is 4.79 Å². The molecule has 0 aliphatic heterocycles. The molecule has 0 unspecified atom stereocenters. The van der Waals surface area contributed by atoms with Crippen molar-refractivity contribution in [2.45, 2.75) is 58.0 Å². The Labute approximate surface area is 157 Å². The van der Waals surface area contributed by atoms with Crippen molar-refractivity contribution in [3.05, 3.63) is 27.7 Å². The maximum Gasteiger partial charge on any atom is 0.331 e. The first-order chi connectivity index (χ1) is 12.6. The first-order valence-corrected chi connectivity index (χ1v) is 10.2. The highest BCUT2D eigenvalue weighted by molar-refractivity contribution is 7.16. The van der Waals surface area contributed by atoms with Crippen LogP contribution in [-0.2, 0) is 27.2 Å². The van der Waals surface area contributed by atoms with E-state index >= 15 is 0 Å². The SMILES string of the molecule is C[C@@H](OC(=O)C=C(C1CC1)C1CC1)C(=O)Nc1sc2c(c1C#N)CCC2. The summed E-state index contributed by atoms with van der Waals surface area (Å²) in [5.41, 5.74) is 2.85. The summed E-state index contributed by atoms with van der Waals surface area (Å²) in [5, 5.41) is 12.8. The second-order valence-electron chi connectivity index (χ2n) is 7.43. The van der Waals surface area contributed by atoms with Crippen molar-refractivity contribution in [3.63, 3.8) is 0 Å². The third-order valence-corrected chi connectivity index (χ3v) is 6.52. The molecule has 0 bridgehead atoms. The number of anilines is 1. The summed E-state index contributed by atoms with van der Waals surface area (Å²) < 4.78 is 5.32. The van der Waals surface area contributed by atoms with Gasteiger partial charge in [0.05, 0.1) is 5.56 Å². The number of hydrogen-bond donors (Lipinski definition) is 1. The smallest absolute Gasteiger partial charge is 0.331 e. The molecule has 4 rings (SSSR count). The van der Waals surface area contributed by atoms with Gasteiger partial charge in [-0.3, -0.25) is 4.79 Å². The Morgan fingerprint density at radius 1 is 1.27 bits per heavy atom. The summed E-state index contributed by atoms with van der Waals surface area (Å²) in [6.45, 7) is 1.57. The van der Waals surface area contributed by atoms with Gasteiger partial charge in [0, 0.05) is 11.0 Å². The second kappa shape index (κ2) is 6.88. The Bertz CT molecular complexity index is 811. The highest BCUT2D eigenvalue weighted by atomic mass is 32.1. The standard InChI is InChI=1S/C20H22N2O3S/c1-11(25-18(23)9-15(12-5-6-12)13-7-8-13)19(24)22-20-16(10-21)14-3-2-4-17(14)26-20/h9,11-13H,2-8H2,1H3,(H,22,24)/t11-/m1/s1. The van der Waals surface area contributed by atoms with E-state index in [0.29, 0.717) is 22.4 Å². The zero-order valence-corrected chi connectivity index (χ0v) is 15.7. The normalized spacial score (nSPS) is 19.2. The van der Waals surface area contributed by atoms with E-state index in [9.17, 15) is 14.9 Å². The molecule has 1 amide bonds. The minimum Gasteiger partial charge on any atom is -0.449 e. The van der Waals surface area contributed by atoms with E-state index in [1.54, 1.807) is 13.0 Å². The predicted octanol–water partition coefficient (Wildman–Crippen LogP) is 3.73. The fourth-order valence-corrected chi connectivity index (χ4v) is 4.87. The van der Waals surface area contributed by atoms with Gasteiger partial charge in [-0.05, 0) is 69.3 Å². The van der Waals surface area contributed by atoms with Crippen LogP contribution in [0.15, 0.2) is 11.6 Å². The van der Waals surface area contributed by atoms with E-state index < -0.39 is 12.1 Å². The van der Waals surface area contributed by atoms with Crippen LogP contribution >= 0.6 is 11.3 Å². The molecule has 5 nitrogen and oxygen atoms in total. The lowest BCUT2D eigenvalue weighted by atomic mass is 10.1. The molecule has 26 heavy (non-hydrogen) atoms. The molecule has 1 heterocycles. The summed E-state index contributed by atoms with van der Waals surface area (Å²) in [7, 11) is 0. The van der Waals surface area contributed by atoms with Crippen LogP contribution in [0.3, 0.4) is 0 Å². The third-order valence-electron chi connectivity index (χ3n) is 5.31. The van der Waals surface area contributed by atoms with Gasteiger partial charge in [-0.2, -0.15) is 5.26 Å². The Balaban J connectivity index is 1.38. The molecular weight excluding hydrogens is 348 g/mol. The fraction of sp³-hybridized carbons (Fsp3) is 0.550. The van der Waals surface area contributed by atoms with Crippen LogP contribution in [-0.4, -0.2) is 18.0 Å². The first kappa shape index (κ1) is 17.3. The van der Waals surface area contributed by atoms with Crippen molar-refractivity contribution >= 4 is 28.2 Å². The summed E-state index contributed by atoms with van der Waals surface area (Å²) in [6, 6.07) is 2.20. The quantitative estimate of drug-likeness (QED) is 0.611. The van der Waals surface area contributed by atoms with Crippen molar-refractivity contribution in [1.82, 2.24) is 0 Å². The molecule has 2 saturated carbocycles. The number of nitrogens with one attached hydrogen (secondary N) is 1. The van der Waals surface area contributed by atoms with Crippen LogP contribution < -0.4 is 5.32 Å². The summed E-state index contributed by atoms with van der Waals surface area (Å²) in [5.74, 6) is 0.273. The minimum atomic E-state index is -0.887. The lowest BCUT2D eigenvalue weighted by Gasteiger charge is -2.12. The van der Waals surface area contributed by atoms with Gasteiger partial charge >= 0.3 is 5.97 Å². The number of fused-ring (bicyclic) bond motifs is 1. The molecule has 0 spiro atoms. The Morgan fingerprint density at radius 2 is 1.96 bits per heavy atom. The van der Waals surface area contributed by atoms with Crippen LogP contribution in [0.1, 0.15) is 55.0 Å². The predicted molar refractivity (Wildman–Crippen MR) is 98.8 cm³/mol. The topological polar surface area (TPSA) is 79.2 Å². The van der Waals surface area contributed by atoms with Gasteiger partial charge in [-0.1, -0.05) is 5.57 Å². The number of aryl methyl sites for hydroxylation is 1. The number of rotatable bonds is 6. The monoisotopic (exact) mass is 370 g/mol. The summed E-state index contributed by atoms with van der Waals surface area (Å²) >= 11 is 1.47. The second-order valence-corrected chi connectivity index (χ2v) is 8.54. The fourth-order valence-electron chi connectivity index (χ4n) is 3.62. The van der Waals surface area contributed by atoms with Gasteiger partial charge in [0.25, 0.3) is 5.91 Å². The van der Waals surface area contributed by atoms with Crippen LogP contribution in [0, 0.1) is 23.2 Å². The highest BCUT2D eigenvalue weighted by Crippen LogP contribution is 2.48. The van der Waals surface area contributed by atoms with Crippen LogP contribution in [0.4, 0.5) is 5.00 Å². The van der Waals surface area contributed by atoms with Crippen molar-refractivity contribution < 1.29 is 14.3 Å². The number of allylic oxidation sites excluding steroid dienone is 1. The number of nitriles is 1. The Morgan fingerprint density at radius 3 is 2.58 bits per heavy atom. The number of amides is 1. The van der Waals surface area contributed by atoms with E-state index in [2.05, 4.69) is 11.4 Å². The number of nitrogens with zero attached hydrogens (tertiary/aromatic N) is 1. The molecular formula is C20H22N2O3S. The van der Waals surface area contributed by atoms with Crippen molar-refractivity contribution in [2.24, 2.45) is 11.8 Å². The van der Waals surface area contributed by atoms with Crippen molar-refractivity contribution in [3.8, 4) is 6.07 Å². The zero-order valence-electron chi connectivity index (χ0n) is 14.8. The number of carbonyl (C=O) groups excluding carboxylic acids is 2. The van der Waals surface area contributed by atoms with Gasteiger partial charge in [-0.15, -0.1) is 11.3 Å². The van der Waals surface area contributed by atoms with E-state index in [4.69, 9.17) is 4.74 Å². The number of hydrogen-bond acceptors (Lipinski definition) is 5. The molecule has 6 heteroatoms. The van der Waals surface area contributed by atoms with Gasteiger partial charge in [0.1, 0.15) is 11.1 Å². The number of esters is 1. The number of carbonyl (C=O) groups is 2. The van der Waals surface area contributed by atoms with Gasteiger partial charge < -0.3 is 10.1 Å². The molecule has 3 aliphatic rings. The largest absolute Gasteiger partial charge is 0.449 e. The molecule has 1 aromatic rings. The van der Waals surface area contributed by atoms with E-state index in [1.165, 1.54) is 21.8 Å². The highest BCUT2D eigenvalue weighted by Gasteiger charge is 2.37. The summed E-state index contributed by atoms with van der Waals surface area (Å²) in [6.07, 6.45) is 8.28. The maximum absolute atomic E-state index is 12.4. The third kappa shape index (κ3) is 3.54. The lowest BCUT2D eigenvalue weighted by molar-refractivity contribution is -0.148. The molecule has 2 fully saturated rings. The van der Waals surface area contributed by atoms with Crippen LogP contribution in [0.5, 0.6) is 0 Å². The van der Waals surface area contributed by atoms with Crippen LogP contribution in [0.2, 0.25) is 0 Å². The van der Waals surface area contributed by atoms with E-state index in [0.717, 1.165) is 50.5 Å². The molecule has 3 aliphatic carbocycles. The molecule has 1 aromatic heterocycles. The molecule has 1 N–H and O–H groups in total. The average Bonchev–Trinajstić information content (AvgIpc) is 3.52. The van der Waals surface area contributed by atoms with Crippen molar-refractivity contribution in [2.75, 3.05) is 5.32 Å². The molecule has 0 radical (unpaired) electrons. The summed E-state index contributed by atoms with van der Waals surface area (Å²) in [4.78, 5) is 25.8. The molecule has 0 saturated heterocycles. The lowest BCUT2D eigenvalue weighted by Crippen LogP contribution is -2.29. The molecule has 136 valence electrons. The minimum absolute atomic E-state index is 0.387. The first-order valence-electron chi connectivity index (χ1n) is 9.34. The average molecular weight is 370 g/mol. The van der Waals surface area contributed by atoms with E-state index in [-0.39, 0.29) is 5.91 Å². The van der Waals surface area contributed by atoms with E-state index in [1.807, 2.05) is 0 Å². The maximum atomic E-state index is 12.4. The van der Waals surface area contributed by atoms with Gasteiger partial charge in [0.2, 0.25) is 0 Å². The number of thiophene rings is 1. The van der Waals surface area contributed by atoms with Crippen molar-refractivity contribution in [1.29, 1.82) is 5.26 Å².